The summed E-state index contributed by atoms with van der Waals surface area (Å²) in [6.45, 7) is 0.0625. The van der Waals surface area contributed by atoms with Gasteiger partial charge in [-0.2, -0.15) is 0 Å². The zero-order chi connectivity index (χ0) is 23.5. The van der Waals surface area contributed by atoms with Crippen LogP contribution in [0.4, 0.5) is 10.5 Å². The lowest BCUT2D eigenvalue weighted by Crippen LogP contribution is -2.45. The van der Waals surface area contributed by atoms with Crippen LogP contribution in [0.3, 0.4) is 0 Å². The van der Waals surface area contributed by atoms with E-state index < -0.39 is 24.0 Å². The van der Waals surface area contributed by atoms with E-state index in [-0.39, 0.29) is 19.6 Å². The van der Waals surface area contributed by atoms with Gasteiger partial charge in [0.25, 0.3) is 0 Å². The number of ether oxygens (including phenoxy) is 2. The highest BCUT2D eigenvalue weighted by Gasteiger charge is 2.26. The second-order valence-corrected chi connectivity index (χ2v) is 7.54. The molecule has 0 aliphatic heterocycles. The van der Waals surface area contributed by atoms with Gasteiger partial charge in [0.05, 0.1) is 6.42 Å². The molecule has 0 aliphatic carbocycles. The number of benzene rings is 3. The molecule has 170 valence electrons. The van der Waals surface area contributed by atoms with Crippen molar-refractivity contribution in [1.29, 1.82) is 0 Å². The molecule has 3 aromatic carbocycles. The van der Waals surface area contributed by atoms with E-state index in [1.165, 1.54) is 0 Å². The average molecular weight is 467 g/mol. The molecule has 0 heterocycles. The number of esters is 2. The summed E-state index contributed by atoms with van der Waals surface area (Å²) >= 11 is 5.93. The Balaban J connectivity index is 1.61. The second-order valence-electron chi connectivity index (χ2n) is 7.11. The smallest absolute Gasteiger partial charge is 0.329 e. The molecule has 0 fully saturated rings. The Hall–Kier alpha value is -3.84. The summed E-state index contributed by atoms with van der Waals surface area (Å²) in [7, 11) is 0. The molecule has 0 bridgehead atoms. The Morgan fingerprint density at radius 2 is 1.39 bits per heavy atom. The van der Waals surface area contributed by atoms with Crippen LogP contribution < -0.4 is 10.6 Å². The monoisotopic (exact) mass is 466 g/mol. The van der Waals surface area contributed by atoms with Gasteiger partial charge in [0.15, 0.2) is 0 Å². The van der Waals surface area contributed by atoms with Gasteiger partial charge in [-0.25, -0.2) is 9.59 Å². The van der Waals surface area contributed by atoms with Gasteiger partial charge in [-0.3, -0.25) is 4.79 Å². The molecule has 8 heteroatoms. The quantitative estimate of drug-likeness (QED) is 0.445. The zero-order valence-electron chi connectivity index (χ0n) is 17.7. The molecule has 2 amide bonds. The zero-order valence-corrected chi connectivity index (χ0v) is 18.5. The lowest BCUT2D eigenvalue weighted by molar-refractivity contribution is -0.153. The summed E-state index contributed by atoms with van der Waals surface area (Å²) in [5.74, 6) is -1.40. The highest BCUT2D eigenvalue weighted by molar-refractivity contribution is 6.30. The lowest BCUT2D eigenvalue weighted by Gasteiger charge is -2.18. The number of urea groups is 1. The van der Waals surface area contributed by atoms with Crippen molar-refractivity contribution in [2.75, 3.05) is 5.32 Å². The van der Waals surface area contributed by atoms with Crippen molar-refractivity contribution in [2.24, 2.45) is 0 Å². The van der Waals surface area contributed by atoms with Gasteiger partial charge in [0, 0.05) is 10.7 Å². The molecular formula is C25H23ClN2O5. The first-order chi connectivity index (χ1) is 16.0. The van der Waals surface area contributed by atoms with Crippen molar-refractivity contribution in [2.45, 2.75) is 25.7 Å². The van der Waals surface area contributed by atoms with Crippen LogP contribution >= 0.6 is 11.6 Å². The summed E-state index contributed by atoms with van der Waals surface area (Å²) < 4.78 is 10.6. The SMILES string of the molecule is O=C(Nc1cccc(Cl)c1)N[C@H](CC(=O)OCc1ccccc1)C(=O)OCc1ccccc1. The third-order valence-corrected chi connectivity index (χ3v) is 4.74. The highest BCUT2D eigenvalue weighted by Crippen LogP contribution is 2.15. The number of carbonyl (C=O) groups is 3. The molecule has 0 saturated heterocycles. The topological polar surface area (TPSA) is 93.7 Å². The largest absolute Gasteiger partial charge is 0.461 e. The van der Waals surface area contributed by atoms with Crippen LogP contribution in [0.1, 0.15) is 17.5 Å². The Morgan fingerprint density at radius 3 is 2.00 bits per heavy atom. The third kappa shape index (κ3) is 8.31. The number of halogens is 1. The fourth-order valence-corrected chi connectivity index (χ4v) is 3.07. The number of carbonyl (C=O) groups excluding carboxylic acids is 3. The minimum atomic E-state index is -1.24. The van der Waals surface area contributed by atoms with Gasteiger partial charge >= 0.3 is 18.0 Å². The fraction of sp³-hybridized carbons (Fsp3) is 0.160. The van der Waals surface area contributed by atoms with Crippen molar-refractivity contribution >= 4 is 35.3 Å². The first-order valence-corrected chi connectivity index (χ1v) is 10.6. The molecule has 0 aromatic heterocycles. The van der Waals surface area contributed by atoms with Crippen LogP contribution in [-0.4, -0.2) is 24.0 Å². The maximum atomic E-state index is 12.7. The van der Waals surface area contributed by atoms with Crippen molar-refractivity contribution in [1.82, 2.24) is 5.32 Å². The standard InChI is InChI=1S/C25H23ClN2O5/c26-20-12-7-13-21(14-20)27-25(31)28-22(24(30)33-17-19-10-5-2-6-11-19)15-23(29)32-16-18-8-3-1-4-9-18/h1-14,22H,15-17H2,(H2,27,28,31)/t22-/m1/s1. The normalized spacial score (nSPS) is 11.2. The van der Waals surface area contributed by atoms with E-state index in [9.17, 15) is 14.4 Å². The van der Waals surface area contributed by atoms with Crippen molar-refractivity contribution in [3.63, 3.8) is 0 Å². The molecule has 0 aliphatic rings. The van der Waals surface area contributed by atoms with Crippen molar-refractivity contribution < 1.29 is 23.9 Å². The molecule has 33 heavy (non-hydrogen) atoms. The first-order valence-electron chi connectivity index (χ1n) is 10.2. The van der Waals surface area contributed by atoms with Crippen LogP contribution in [0.15, 0.2) is 84.9 Å². The van der Waals surface area contributed by atoms with Crippen LogP contribution in [-0.2, 0) is 32.3 Å². The molecule has 3 rings (SSSR count). The lowest BCUT2D eigenvalue weighted by atomic mass is 10.2. The predicted octanol–water partition coefficient (Wildman–Crippen LogP) is 4.71. The van der Waals surface area contributed by atoms with Gasteiger partial charge in [-0.15, -0.1) is 0 Å². The molecule has 0 spiro atoms. The number of nitrogens with one attached hydrogen (secondary N) is 2. The van der Waals surface area contributed by atoms with Gasteiger partial charge in [-0.05, 0) is 29.3 Å². The molecule has 2 N–H and O–H groups in total. The van der Waals surface area contributed by atoms with E-state index in [1.807, 2.05) is 48.5 Å². The molecule has 1 atom stereocenters. The minimum Gasteiger partial charge on any atom is -0.461 e. The van der Waals surface area contributed by atoms with E-state index >= 15 is 0 Å². The summed E-state index contributed by atoms with van der Waals surface area (Å²) in [5, 5.41) is 5.50. The molecular weight excluding hydrogens is 444 g/mol. The maximum absolute atomic E-state index is 12.7. The number of amides is 2. The number of rotatable bonds is 9. The first kappa shape index (κ1) is 23.8. The highest BCUT2D eigenvalue weighted by atomic mass is 35.5. The van der Waals surface area contributed by atoms with Crippen molar-refractivity contribution in [3.8, 4) is 0 Å². The van der Waals surface area contributed by atoms with Crippen LogP contribution in [0.2, 0.25) is 5.02 Å². The van der Waals surface area contributed by atoms with Gasteiger partial charge in [-0.1, -0.05) is 78.3 Å². The van der Waals surface area contributed by atoms with Crippen LogP contribution in [0, 0.1) is 0 Å². The van der Waals surface area contributed by atoms with Crippen molar-refractivity contribution in [3.05, 3.63) is 101 Å². The maximum Gasteiger partial charge on any atom is 0.329 e. The van der Waals surface area contributed by atoms with Crippen LogP contribution in [0.5, 0.6) is 0 Å². The van der Waals surface area contributed by atoms with E-state index in [2.05, 4.69) is 10.6 Å². The third-order valence-electron chi connectivity index (χ3n) is 4.51. The fourth-order valence-electron chi connectivity index (χ4n) is 2.88. The van der Waals surface area contributed by atoms with E-state index in [0.29, 0.717) is 10.7 Å². The molecule has 3 aromatic rings. The van der Waals surface area contributed by atoms with Gasteiger partial charge in [0.1, 0.15) is 19.3 Å². The van der Waals surface area contributed by atoms with Gasteiger partial charge < -0.3 is 20.1 Å². The van der Waals surface area contributed by atoms with E-state index in [4.69, 9.17) is 21.1 Å². The summed E-state index contributed by atoms with van der Waals surface area (Å²) in [5.41, 5.74) is 2.02. The number of anilines is 1. The van der Waals surface area contributed by atoms with E-state index in [1.54, 1.807) is 36.4 Å². The Labute approximate surface area is 196 Å². The molecule has 7 nitrogen and oxygen atoms in total. The van der Waals surface area contributed by atoms with Crippen LogP contribution in [0.25, 0.3) is 0 Å². The summed E-state index contributed by atoms with van der Waals surface area (Å²) in [4.78, 5) is 37.5. The predicted molar refractivity (Wildman–Crippen MR) is 124 cm³/mol. The van der Waals surface area contributed by atoms with E-state index in [0.717, 1.165) is 11.1 Å². The second kappa shape index (κ2) is 12.3. The molecule has 0 radical (unpaired) electrons. The molecule has 0 saturated carbocycles. The average Bonchev–Trinajstić information content (AvgIpc) is 2.82. The Morgan fingerprint density at radius 1 is 0.788 bits per heavy atom. The minimum absolute atomic E-state index is 0.00677. The Kier molecular flexibility index (Phi) is 8.85. The number of hydrogen-bond acceptors (Lipinski definition) is 5. The Bertz CT molecular complexity index is 1080. The summed E-state index contributed by atoms with van der Waals surface area (Å²) in [6.07, 6.45) is -0.385. The van der Waals surface area contributed by atoms with Gasteiger partial charge in [0.2, 0.25) is 0 Å². The molecule has 0 unspecified atom stereocenters. The summed E-state index contributed by atoms with van der Waals surface area (Å²) in [6, 6.07) is 22.8. The number of hydrogen-bond donors (Lipinski definition) is 2.